The number of carbonyl (C=O) groups excluding carboxylic acids is 1. The fourth-order valence-corrected chi connectivity index (χ4v) is 2.78. The van der Waals surface area contributed by atoms with Crippen molar-refractivity contribution in [2.24, 2.45) is 0 Å². The number of carbonyl (C=O) groups is 1. The molecule has 2 rings (SSSR count). The Bertz CT molecular complexity index is 785. The normalized spacial score (nSPS) is 11.9. The summed E-state index contributed by atoms with van der Waals surface area (Å²) in [6.07, 6.45) is 5.44. The number of hydrogen-bond acceptors (Lipinski definition) is 4. The Labute approximate surface area is 148 Å². The molecule has 0 radical (unpaired) electrons. The Morgan fingerprint density at radius 1 is 1.28 bits per heavy atom. The summed E-state index contributed by atoms with van der Waals surface area (Å²) in [6, 6.07) is 0. The summed E-state index contributed by atoms with van der Waals surface area (Å²) in [5.74, 6) is 0.0772. The Morgan fingerprint density at radius 3 is 2.60 bits per heavy atom. The van der Waals surface area contributed by atoms with E-state index in [-0.39, 0.29) is 17.0 Å². The largest absolute Gasteiger partial charge is 0.343 e. The molecule has 0 spiro atoms. The monoisotopic (exact) mass is 347 g/mol. The number of unbranched alkanes of at least 4 members (excludes halogenated alkanes) is 1. The molecule has 2 aromatic heterocycles. The first-order valence-corrected chi connectivity index (χ1v) is 9.01. The molecule has 0 aliphatic heterocycles. The zero-order valence-electron chi connectivity index (χ0n) is 15.9. The standard InChI is InChI=1S/C18H29N5O2/c1-6-8-10-21(7-2)15(24)9-11-22-13-19-16-14(17(22)25)12-20-23(16)18(3,4)5/h12-13H,6-11H2,1-5H3. The van der Waals surface area contributed by atoms with E-state index in [0.29, 0.717) is 30.5 Å². The summed E-state index contributed by atoms with van der Waals surface area (Å²) in [4.78, 5) is 31.2. The van der Waals surface area contributed by atoms with Crippen LogP contribution in [0.15, 0.2) is 17.3 Å². The third-order valence-electron chi connectivity index (χ3n) is 4.27. The molecule has 0 aliphatic carbocycles. The highest BCUT2D eigenvalue weighted by Gasteiger charge is 2.20. The van der Waals surface area contributed by atoms with Gasteiger partial charge in [-0.05, 0) is 34.1 Å². The maximum Gasteiger partial charge on any atom is 0.264 e. The van der Waals surface area contributed by atoms with Crippen molar-refractivity contribution in [2.45, 2.75) is 66.0 Å². The Balaban J connectivity index is 2.16. The lowest BCUT2D eigenvalue weighted by atomic mass is 10.1. The first-order valence-electron chi connectivity index (χ1n) is 9.01. The fourth-order valence-electron chi connectivity index (χ4n) is 2.78. The lowest BCUT2D eigenvalue weighted by Gasteiger charge is -2.21. The maximum absolute atomic E-state index is 12.6. The smallest absolute Gasteiger partial charge is 0.264 e. The van der Waals surface area contributed by atoms with E-state index in [2.05, 4.69) is 17.0 Å². The van der Waals surface area contributed by atoms with E-state index in [1.165, 1.54) is 10.9 Å². The van der Waals surface area contributed by atoms with Crippen molar-refractivity contribution in [2.75, 3.05) is 13.1 Å². The molecule has 7 heteroatoms. The molecule has 0 fully saturated rings. The Hall–Kier alpha value is -2.18. The summed E-state index contributed by atoms with van der Waals surface area (Å²) in [6.45, 7) is 11.9. The molecule has 0 aromatic carbocycles. The van der Waals surface area contributed by atoms with Crippen LogP contribution in [0.2, 0.25) is 0 Å². The Morgan fingerprint density at radius 2 is 2.00 bits per heavy atom. The van der Waals surface area contributed by atoms with Crippen molar-refractivity contribution in [1.29, 1.82) is 0 Å². The molecule has 1 amide bonds. The van der Waals surface area contributed by atoms with Gasteiger partial charge in [0, 0.05) is 26.1 Å². The lowest BCUT2D eigenvalue weighted by Crippen LogP contribution is -2.33. The molecule has 7 nitrogen and oxygen atoms in total. The summed E-state index contributed by atoms with van der Waals surface area (Å²) in [7, 11) is 0. The van der Waals surface area contributed by atoms with Crippen molar-refractivity contribution >= 4 is 16.9 Å². The number of rotatable bonds is 7. The van der Waals surface area contributed by atoms with E-state index >= 15 is 0 Å². The summed E-state index contributed by atoms with van der Waals surface area (Å²) in [5, 5.41) is 4.79. The van der Waals surface area contributed by atoms with Gasteiger partial charge in [-0.15, -0.1) is 0 Å². The zero-order valence-corrected chi connectivity index (χ0v) is 15.9. The second-order valence-electron chi connectivity index (χ2n) is 7.28. The van der Waals surface area contributed by atoms with E-state index in [9.17, 15) is 9.59 Å². The highest BCUT2D eigenvalue weighted by Crippen LogP contribution is 2.17. The van der Waals surface area contributed by atoms with Crippen LogP contribution in [-0.4, -0.2) is 43.2 Å². The van der Waals surface area contributed by atoms with Gasteiger partial charge in [-0.25, -0.2) is 9.67 Å². The molecule has 0 saturated carbocycles. The molecule has 0 aliphatic rings. The van der Waals surface area contributed by atoms with E-state index in [1.807, 2.05) is 32.6 Å². The van der Waals surface area contributed by atoms with Crippen LogP contribution in [0, 0.1) is 0 Å². The van der Waals surface area contributed by atoms with Crippen LogP contribution < -0.4 is 5.56 Å². The van der Waals surface area contributed by atoms with Crippen molar-refractivity contribution in [1.82, 2.24) is 24.2 Å². The summed E-state index contributed by atoms with van der Waals surface area (Å²) in [5.41, 5.74) is 0.188. The van der Waals surface area contributed by atoms with Gasteiger partial charge in [0.2, 0.25) is 5.91 Å². The molecule has 2 aromatic rings. The predicted octanol–water partition coefficient (Wildman–Crippen LogP) is 2.39. The van der Waals surface area contributed by atoms with Crippen LogP contribution >= 0.6 is 0 Å². The average molecular weight is 347 g/mol. The number of aryl methyl sites for hydroxylation is 1. The topological polar surface area (TPSA) is 73.0 Å². The summed E-state index contributed by atoms with van der Waals surface area (Å²) < 4.78 is 3.26. The molecule has 0 unspecified atom stereocenters. The molecule has 138 valence electrons. The van der Waals surface area contributed by atoms with Crippen molar-refractivity contribution < 1.29 is 4.79 Å². The highest BCUT2D eigenvalue weighted by atomic mass is 16.2. The van der Waals surface area contributed by atoms with Crippen LogP contribution in [0.3, 0.4) is 0 Å². The fraction of sp³-hybridized carbons (Fsp3) is 0.667. The minimum atomic E-state index is -0.246. The van der Waals surface area contributed by atoms with Crippen molar-refractivity contribution in [3.05, 3.63) is 22.9 Å². The van der Waals surface area contributed by atoms with Gasteiger partial charge >= 0.3 is 0 Å². The lowest BCUT2D eigenvalue weighted by molar-refractivity contribution is -0.131. The SMILES string of the molecule is CCCCN(CC)C(=O)CCn1cnc2c(cnn2C(C)(C)C)c1=O. The van der Waals surface area contributed by atoms with Crippen LogP contribution in [0.5, 0.6) is 0 Å². The van der Waals surface area contributed by atoms with Gasteiger partial charge in [-0.3, -0.25) is 14.2 Å². The van der Waals surface area contributed by atoms with Crippen molar-refractivity contribution in [3.63, 3.8) is 0 Å². The van der Waals surface area contributed by atoms with Gasteiger partial charge in [0.25, 0.3) is 5.56 Å². The number of aromatic nitrogens is 4. The number of fused-ring (bicyclic) bond motifs is 1. The number of nitrogens with zero attached hydrogens (tertiary/aromatic N) is 5. The predicted molar refractivity (Wildman–Crippen MR) is 98.6 cm³/mol. The van der Waals surface area contributed by atoms with E-state index < -0.39 is 0 Å². The molecule has 2 heterocycles. The minimum Gasteiger partial charge on any atom is -0.343 e. The average Bonchev–Trinajstić information content (AvgIpc) is 3.00. The van der Waals surface area contributed by atoms with E-state index in [0.717, 1.165) is 19.4 Å². The first kappa shape index (κ1) is 19.1. The quantitative estimate of drug-likeness (QED) is 0.771. The second kappa shape index (κ2) is 7.80. The molecule has 0 saturated heterocycles. The van der Waals surface area contributed by atoms with Crippen molar-refractivity contribution in [3.8, 4) is 0 Å². The molecule has 0 atom stereocenters. The molecule has 0 bridgehead atoms. The van der Waals surface area contributed by atoms with Crippen LogP contribution in [0.1, 0.15) is 53.9 Å². The zero-order chi connectivity index (χ0) is 18.6. The number of hydrogen-bond donors (Lipinski definition) is 0. The molecule has 25 heavy (non-hydrogen) atoms. The van der Waals surface area contributed by atoms with Crippen LogP contribution in [-0.2, 0) is 16.9 Å². The van der Waals surface area contributed by atoms with Gasteiger partial charge < -0.3 is 4.90 Å². The third kappa shape index (κ3) is 4.27. The van der Waals surface area contributed by atoms with E-state index in [1.54, 1.807) is 10.9 Å². The van der Waals surface area contributed by atoms with Gasteiger partial charge in [0.15, 0.2) is 5.65 Å². The van der Waals surface area contributed by atoms with Gasteiger partial charge in [-0.2, -0.15) is 5.10 Å². The highest BCUT2D eigenvalue weighted by molar-refractivity contribution is 5.76. The van der Waals surface area contributed by atoms with Gasteiger partial charge in [0.1, 0.15) is 5.39 Å². The van der Waals surface area contributed by atoms with Crippen LogP contribution in [0.4, 0.5) is 0 Å². The van der Waals surface area contributed by atoms with Crippen LogP contribution in [0.25, 0.3) is 11.0 Å². The van der Waals surface area contributed by atoms with Gasteiger partial charge in [-0.1, -0.05) is 13.3 Å². The van der Waals surface area contributed by atoms with E-state index in [4.69, 9.17) is 0 Å². The second-order valence-corrected chi connectivity index (χ2v) is 7.28. The maximum atomic E-state index is 12.6. The van der Waals surface area contributed by atoms with Gasteiger partial charge in [0.05, 0.1) is 18.1 Å². The summed E-state index contributed by atoms with van der Waals surface area (Å²) >= 11 is 0. The minimum absolute atomic E-state index is 0.0772. The number of amides is 1. The first-order chi connectivity index (χ1) is 11.8. The molecular formula is C18H29N5O2. The Kier molecular flexibility index (Phi) is 5.98. The molecule has 0 N–H and O–H groups in total. The molecular weight excluding hydrogens is 318 g/mol. The third-order valence-corrected chi connectivity index (χ3v) is 4.27.